The molecule has 14 heteroatoms. The van der Waals surface area contributed by atoms with Crippen molar-refractivity contribution in [3.05, 3.63) is 58.5 Å². The van der Waals surface area contributed by atoms with Crippen molar-refractivity contribution in [1.29, 1.82) is 0 Å². The summed E-state index contributed by atoms with van der Waals surface area (Å²) in [6.45, 7) is 5.09. The number of hydrogen-bond acceptors (Lipinski definition) is 10. The van der Waals surface area contributed by atoms with E-state index in [4.69, 9.17) is 4.98 Å². The van der Waals surface area contributed by atoms with Crippen molar-refractivity contribution in [3.8, 4) is 0 Å². The molecule has 5 heterocycles. The zero-order valence-electron chi connectivity index (χ0n) is 27.9. The average Bonchev–Trinajstić information content (AvgIpc) is 3.63. The van der Waals surface area contributed by atoms with Gasteiger partial charge in [0, 0.05) is 81.1 Å². The van der Waals surface area contributed by atoms with Crippen LogP contribution in [0.4, 0.5) is 11.6 Å². The molecule has 2 amide bonds. The molecule has 2 N–H and O–H groups in total. The molecule has 3 aliphatic heterocycles. The molecule has 0 bridgehead atoms. The first kappa shape index (κ1) is 33.6. The van der Waals surface area contributed by atoms with Gasteiger partial charge in [-0.3, -0.25) is 29.2 Å². The molecule has 2 aromatic heterocycles. The van der Waals surface area contributed by atoms with Crippen molar-refractivity contribution < 1.29 is 18.0 Å². The number of nitrogens with zero attached hydrogens (tertiary/aromatic N) is 6. The maximum absolute atomic E-state index is 13.2. The van der Waals surface area contributed by atoms with Gasteiger partial charge >= 0.3 is 0 Å². The van der Waals surface area contributed by atoms with Crippen LogP contribution in [0, 0.1) is 0 Å². The number of carbonyl (C=O) groups is 2. The standard InChI is InChI=1S/C35H46N8O5S/c44-31-12-11-30(34(46)38-31)25-6-9-28(10-7-25)41-21-19-40(20-22-41)16-3-23-49(47,48)42-17-14-27(15-18-42)37-35-36-24-26-8-13-32(45)43(33(26)39-35)29-4-1-2-5-29/h6-10,13,24,27,29-30H,1-5,11-12,14-23H2,(H,36,37,39)(H,38,44,46). The monoisotopic (exact) mass is 690 g/mol. The predicted octanol–water partition coefficient (Wildman–Crippen LogP) is 2.85. The lowest BCUT2D eigenvalue weighted by atomic mass is 9.90. The van der Waals surface area contributed by atoms with Crippen LogP contribution < -0.4 is 21.1 Å². The van der Waals surface area contributed by atoms with E-state index in [0.717, 1.165) is 75.0 Å². The molecule has 4 fully saturated rings. The minimum atomic E-state index is -3.35. The van der Waals surface area contributed by atoms with Gasteiger partial charge in [0.25, 0.3) is 5.56 Å². The predicted molar refractivity (Wildman–Crippen MR) is 188 cm³/mol. The number of nitrogens with one attached hydrogen (secondary N) is 2. The van der Waals surface area contributed by atoms with Crippen molar-refractivity contribution in [2.75, 3.05) is 61.8 Å². The molecule has 49 heavy (non-hydrogen) atoms. The first-order chi connectivity index (χ1) is 23.7. The van der Waals surface area contributed by atoms with Gasteiger partial charge in [-0.25, -0.2) is 17.7 Å². The second kappa shape index (κ2) is 14.5. The van der Waals surface area contributed by atoms with Gasteiger partial charge in [-0.05, 0) is 68.8 Å². The van der Waals surface area contributed by atoms with Crippen LogP contribution in [0.15, 0.2) is 47.4 Å². The van der Waals surface area contributed by atoms with Crippen LogP contribution in [0.5, 0.6) is 0 Å². The average molecular weight is 691 g/mol. The van der Waals surface area contributed by atoms with E-state index < -0.39 is 10.0 Å². The summed E-state index contributed by atoms with van der Waals surface area (Å²) in [6.07, 6.45) is 8.82. The number of hydrogen-bond donors (Lipinski definition) is 2. The topological polar surface area (TPSA) is 150 Å². The largest absolute Gasteiger partial charge is 0.369 e. The maximum atomic E-state index is 13.2. The molecule has 262 valence electrons. The summed E-state index contributed by atoms with van der Waals surface area (Å²) in [5.74, 6) is -0.0858. The number of amides is 2. The number of benzene rings is 1. The van der Waals surface area contributed by atoms with Crippen molar-refractivity contribution >= 4 is 44.5 Å². The normalized spacial score (nSPS) is 22.1. The molecule has 1 aliphatic carbocycles. The minimum Gasteiger partial charge on any atom is -0.369 e. The van der Waals surface area contributed by atoms with Gasteiger partial charge in [0.05, 0.1) is 11.7 Å². The highest BCUT2D eigenvalue weighted by Gasteiger charge is 2.30. The number of pyridine rings is 1. The van der Waals surface area contributed by atoms with Crippen LogP contribution in [-0.2, 0) is 19.6 Å². The zero-order valence-corrected chi connectivity index (χ0v) is 28.7. The highest BCUT2D eigenvalue weighted by atomic mass is 32.2. The van der Waals surface area contributed by atoms with Crippen LogP contribution in [0.25, 0.3) is 11.0 Å². The molecule has 1 atom stereocenters. The molecule has 13 nitrogen and oxygen atoms in total. The lowest BCUT2D eigenvalue weighted by Crippen LogP contribution is -2.47. The van der Waals surface area contributed by atoms with Crippen LogP contribution >= 0.6 is 0 Å². The Morgan fingerprint density at radius 2 is 1.59 bits per heavy atom. The van der Waals surface area contributed by atoms with Crippen LogP contribution in [0.1, 0.15) is 75.3 Å². The van der Waals surface area contributed by atoms with Gasteiger partial charge in [-0.1, -0.05) is 25.0 Å². The van der Waals surface area contributed by atoms with Crippen molar-refractivity contribution in [3.63, 3.8) is 0 Å². The summed E-state index contributed by atoms with van der Waals surface area (Å²) in [6, 6.07) is 11.7. The molecular formula is C35H46N8O5S. The summed E-state index contributed by atoms with van der Waals surface area (Å²) >= 11 is 0. The van der Waals surface area contributed by atoms with Gasteiger partial charge in [-0.2, -0.15) is 4.98 Å². The number of piperazine rings is 1. The van der Waals surface area contributed by atoms with Gasteiger partial charge in [0.2, 0.25) is 27.8 Å². The number of fused-ring (bicyclic) bond motifs is 1. The van der Waals surface area contributed by atoms with E-state index in [2.05, 4.69) is 25.4 Å². The third-order valence-corrected chi connectivity index (χ3v) is 12.6. The van der Waals surface area contributed by atoms with E-state index in [1.165, 1.54) is 0 Å². The van der Waals surface area contributed by atoms with E-state index in [0.29, 0.717) is 56.8 Å². The molecule has 4 aliphatic rings. The third kappa shape index (κ3) is 7.65. The van der Waals surface area contributed by atoms with Gasteiger partial charge in [0.15, 0.2) is 0 Å². The first-order valence-corrected chi connectivity index (χ1v) is 19.4. The molecule has 1 saturated carbocycles. The minimum absolute atomic E-state index is 0.0273. The molecule has 3 aromatic rings. The number of carbonyl (C=O) groups excluding carboxylic acids is 2. The van der Waals surface area contributed by atoms with E-state index in [-0.39, 0.29) is 41.1 Å². The Morgan fingerprint density at radius 1 is 0.857 bits per heavy atom. The molecule has 3 saturated heterocycles. The number of imide groups is 1. The molecule has 1 aromatic carbocycles. The Labute approximate surface area is 287 Å². The van der Waals surface area contributed by atoms with Crippen LogP contribution in [0.2, 0.25) is 0 Å². The fourth-order valence-electron chi connectivity index (χ4n) is 7.84. The van der Waals surface area contributed by atoms with E-state index in [1.807, 2.05) is 28.8 Å². The van der Waals surface area contributed by atoms with E-state index in [1.54, 1.807) is 22.6 Å². The number of piperidine rings is 2. The van der Waals surface area contributed by atoms with Crippen molar-refractivity contribution in [1.82, 2.24) is 29.1 Å². The quantitative estimate of drug-likeness (QED) is 0.304. The smallest absolute Gasteiger partial charge is 0.252 e. The summed E-state index contributed by atoms with van der Waals surface area (Å²) in [7, 11) is -3.35. The van der Waals surface area contributed by atoms with Gasteiger partial charge < -0.3 is 10.2 Å². The van der Waals surface area contributed by atoms with E-state index >= 15 is 0 Å². The summed E-state index contributed by atoms with van der Waals surface area (Å²) in [5.41, 5.74) is 2.67. The SMILES string of the molecule is O=C1CCC(c2ccc(N3CCN(CCCS(=O)(=O)N4CCC(Nc5ncc6ccc(=O)n(C7CCCC7)c6n5)CC4)CC3)cc2)C(=O)N1. The fraction of sp³-hybridized carbons (Fsp3) is 0.571. The van der Waals surface area contributed by atoms with Crippen LogP contribution in [-0.4, -0.2) is 102 Å². The highest BCUT2D eigenvalue weighted by Crippen LogP contribution is 2.31. The number of rotatable bonds is 10. The second-order valence-corrected chi connectivity index (χ2v) is 16.0. The molecule has 0 radical (unpaired) electrons. The highest BCUT2D eigenvalue weighted by molar-refractivity contribution is 7.89. The maximum Gasteiger partial charge on any atom is 0.252 e. The Kier molecular flexibility index (Phi) is 9.97. The Bertz CT molecular complexity index is 1830. The van der Waals surface area contributed by atoms with Crippen LogP contribution in [0.3, 0.4) is 0 Å². The fourth-order valence-corrected chi connectivity index (χ4v) is 9.36. The van der Waals surface area contributed by atoms with Gasteiger partial charge in [-0.15, -0.1) is 0 Å². The number of anilines is 2. The molecular weight excluding hydrogens is 645 g/mol. The third-order valence-electron chi connectivity index (χ3n) is 10.7. The number of sulfonamides is 1. The Balaban J connectivity index is 0.846. The first-order valence-electron chi connectivity index (χ1n) is 17.8. The second-order valence-electron chi connectivity index (χ2n) is 13.9. The lowest BCUT2D eigenvalue weighted by Gasteiger charge is -2.36. The summed E-state index contributed by atoms with van der Waals surface area (Å²) < 4.78 is 29.9. The Morgan fingerprint density at radius 3 is 2.31 bits per heavy atom. The summed E-state index contributed by atoms with van der Waals surface area (Å²) in [4.78, 5) is 50.3. The van der Waals surface area contributed by atoms with Crippen molar-refractivity contribution in [2.24, 2.45) is 0 Å². The molecule has 7 rings (SSSR count). The number of aromatic nitrogens is 3. The summed E-state index contributed by atoms with van der Waals surface area (Å²) in [5, 5.41) is 6.68. The zero-order chi connectivity index (χ0) is 34.0. The Hall–Kier alpha value is -3.88. The van der Waals surface area contributed by atoms with Crippen molar-refractivity contribution in [2.45, 2.75) is 75.8 Å². The molecule has 1 unspecified atom stereocenters. The lowest BCUT2D eigenvalue weighted by molar-refractivity contribution is -0.134. The van der Waals surface area contributed by atoms with Gasteiger partial charge in [0.1, 0.15) is 5.65 Å². The van der Waals surface area contributed by atoms with E-state index in [9.17, 15) is 22.8 Å². The molecule has 0 spiro atoms.